The quantitative estimate of drug-likeness (QED) is 0.819. The van der Waals surface area contributed by atoms with Gasteiger partial charge in [0.15, 0.2) is 6.61 Å². The highest BCUT2D eigenvalue weighted by Crippen LogP contribution is 2.18. The molecule has 0 atom stereocenters. The van der Waals surface area contributed by atoms with Gasteiger partial charge in [-0.05, 0) is 31.2 Å². The predicted molar refractivity (Wildman–Crippen MR) is 94.6 cm³/mol. The number of hydrogen-bond acceptors (Lipinski definition) is 4. The summed E-state index contributed by atoms with van der Waals surface area (Å²) in [5.74, 6) is -1.44. The molecule has 6 nitrogen and oxygen atoms in total. The van der Waals surface area contributed by atoms with Crippen molar-refractivity contribution in [3.63, 3.8) is 0 Å². The summed E-state index contributed by atoms with van der Waals surface area (Å²) in [6.07, 6.45) is 0. The molecule has 25 heavy (non-hydrogen) atoms. The minimum atomic E-state index is -0.711. The van der Waals surface area contributed by atoms with Gasteiger partial charge in [0.1, 0.15) is 0 Å². The van der Waals surface area contributed by atoms with Crippen molar-refractivity contribution in [2.24, 2.45) is 0 Å². The SMILES string of the molecule is CCNC(=O)COC(=O)c1ccccc1C(=O)N(C)c1ccccc1. The Hall–Kier alpha value is -3.15. The molecule has 6 heteroatoms. The van der Waals surface area contributed by atoms with E-state index in [0.29, 0.717) is 12.2 Å². The van der Waals surface area contributed by atoms with Crippen LogP contribution in [-0.2, 0) is 9.53 Å². The monoisotopic (exact) mass is 340 g/mol. The molecule has 0 aliphatic carbocycles. The summed E-state index contributed by atoms with van der Waals surface area (Å²) >= 11 is 0. The van der Waals surface area contributed by atoms with E-state index in [4.69, 9.17) is 4.74 Å². The fraction of sp³-hybridized carbons (Fsp3) is 0.211. The van der Waals surface area contributed by atoms with E-state index in [0.717, 1.165) is 0 Å². The molecule has 2 amide bonds. The number of amides is 2. The van der Waals surface area contributed by atoms with Gasteiger partial charge in [-0.1, -0.05) is 30.3 Å². The van der Waals surface area contributed by atoms with Crippen molar-refractivity contribution in [1.29, 1.82) is 0 Å². The summed E-state index contributed by atoms with van der Waals surface area (Å²) < 4.78 is 5.00. The highest BCUT2D eigenvalue weighted by atomic mass is 16.5. The Bertz CT molecular complexity index is 759. The first-order valence-corrected chi connectivity index (χ1v) is 7.90. The fourth-order valence-electron chi connectivity index (χ4n) is 2.25. The summed E-state index contributed by atoms with van der Waals surface area (Å²) in [7, 11) is 1.63. The van der Waals surface area contributed by atoms with Crippen molar-refractivity contribution >= 4 is 23.5 Å². The van der Waals surface area contributed by atoms with Crippen LogP contribution in [0.5, 0.6) is 0 Å². The number of ether oxygens (including phenoxy) is 1. The van der Waals surface area contributed by atoms with Crippen LogP contribution in [-0.4, -0.2) is 38.0 Å². The number of rotatable bonds is 6. The molecule has 0 spiro atoms. The van der Waals surface area contributed by atoms with Gasteiger partial charge in [-0.15, -0.1) is 0 Å². The van der Waals surface area contributed by atoms with E-state index in [9.17, 15) is 14.4 Å². The molecule has 0 saturated heterocycles. The highest BCUT2D eigenvalue weighted by Gasteiger charge is 2.21. The number of nitrogens with zero attached hydrogens (tertiary/aromatic N) is 1. The van der Waals surface area contributed by atoms with E-state index >= 15 is 0 Å². The van der Waals surface area contributed by atoms with Gasteiger partial charge < -0.3 is 15.0 Å². The van der Waals surface area contributed by atoms with Crippen molar-refractivity contribution in [3.8, 4) is 0 Å². The van der Waals surface area contributed by atoms with Gasteiger partial charge >= 0.3 is 5.97 Å². The maximum absolute atomic E-state index is 12.7. The Kier molecular flexibility index (Phi) is 6.28. The molecule has 0 fully saturated rings. The van der Waals surface area contributed by atoms with E-state index in [2.05, 4.69) is 5.32 Å². The van der Waals surface area contributed by atoms with E-state index < -0.39 is 5.97 Å². The maximum atomic E-state index is 12.7. The van der Waals surface area contributed by atoms with Crippen LogP contribution in [0.2, 0.25) is 0 Å². The number of anilines is 1. The molecule has 0 radical (unpaired) electrons. The zero-order valence-electron chi connectivity index (χ0n) is 14.2. The molecule has 0 aliphatic rings. The zero-order valence-corrected chi connectivity index (χ0v) is 14.2. The summed E-state index contributed by atoms with van der Waals surface area (Å²) in [6.45, 7) is 1.84. The van der Waals surface area contributed by atoms with Gasteiger partial charge in [-0.2, -0.15) is 0 Å². The average molecular weight is 340 g/mol. The summed E-state index contributed by atoms with van der Waals surface area (Å²) in [5.41, 5.74) is 1.05. The van der Waals surface area contributed by atoms with Crippen LogP contribution in [0.3, 0.4) is 0 Å². The zero-order chi connectivity index (χ0) is 18.2. The Morgan fingerprint density at radius 3 is 2.20 bits per heavy atom. The van der Waals surface area contributed by atoms with Crippen molar-refractivity contribution in [3.05, 3.63) is 65.7 Å². The number of para-hydroxylation sites is 1. The summed E-state index contributed by atoms with van der Waals surface area (Å²) in [4.78, 5) is 37.9. The lowest BCUT2D eigenvalue weighted by molar-refractivity contribution is -0.124. The molecule has 0 bridgehead atoms. The molecule has 130 valence electrons. The second-order valence-electron chi connectivity index (χ2n) is 5.27. The van der Waals surface area contributed by atoms with E-state index in [1.54, 1.807) is 44.3 Å². The minimum absolute atomic E-state index is 0.125. The molecule has 0 heterocycles. The predicted octanol–water partition coefficient (Wildman–Crippen LogP) is 2.26. The highest BCUT2D eigenvalue weighted by molar-refractivity contribution is 6.12. The molecular formula is C19H20N2O4. The van der Waals surface area contributed by atoms with Gasteiger partial charge in [0, 0.05) is 19.3 Å². The first kappa shape index (κ1) is 18.2. The lowest BCUT2D eigenvalue weighted by Gasteiger charge is -2.18. The average Bonchev–Trinajstić information content (AvgIpc) is 2.66. The minimum Gasteiger partial charge on any atom is -0.452 e. The maximum Gasteiger partial charge on any atom is 0.339 e. The number of carbonyl (C=O) groups excluding carboxylic acids is 3. The van der Waals surface area contributed by atoms with E-state index in [1.165, 1.54) is 11.0 Å². The van der Waals surface area contributed by atoms with Gasteiger partial charge in [0.2, 0.25) is 0 Å². The van der Waals surface area contributed by atoms with Crippen LogP contribution in [0.1, 0.15) is 27.6 Å². The molecule has 0 saturated carbocycles. The molecule has 1 N–H and O–H groups in total. The smallest absolute Gasteiger partial charge is 0.339 e. The molecular weight excluding hydrogens is 320 g/mol. The number of hydrogen-bond donors (Lipinski definition) is 1. The Balaban J connectivity index is 2.18. The number of benzene rings is 2. The van der Waals surface area contributed by atoms with Gasteiger partial charge in [0.25, 0.3) is 11.8 Å². The lowest BCUT2D eigenvalue weighted by atomic mass is 10.1. The molecule has 0 aliphatic heterocycles. The summed E-state index contributed by atoms with van der Waals surface area (Å²) in [5, 5.41) is 2.54. The van der Waals surface area contributed by atoms with E-state index in [1.807, 2.05) is 18.2 Å². The normalized spacial score (nSPS) is 10.0. The van der Waals surface area contributed by atoms with Gasteiger partial charge in [-0.3, -0.25) is 9.59 Å². The lowest BCUT2D eigenvalue weighted by Crippen LogP contribution is -2.30. The van der Waals surface area contributed by atoms with Crippen molar-refractivity contribution in [2.75, 3.05) is 25.1 Å². The third-order valence-corrected chi connectivity index (χ3v) is 3.53. The third kappa shape index (κ3) is 4.67. The second kappa shape index (κ2) is 8.63. The topological polar surface area (TPSA) is 75.7 Å². The van der Waals surface area contributed by atoms with Gasteiger partial charge in [0.05, 0.1) is 11.1 Å². The molecule has 2 aromatic carbocycles. The number of carbonyl (C=O) groups is 3. The third-order valence-electron chi connectivity index (χ3n) is 3.53. The standard InChI is InChI=1S/C19H20N2O4/c1-3-20-17(22)13-25-19(24)16-12-8-7-11-15(16)18(23)21(2)14-9-5-4-6-10-14/h4-12H,3,13H2,1-2H3,(H,20,22). The summed E-state index contributed by atoms with van der Waals surface area (Å²) in [6, 6.07) is 15.5. The first-order valence-electron chi connectivity index (χ1n) is 7.90. The first-order chi connectivity index (χ1) is 12.0. The Morgan fingerprint density at radius 1 is 0.960 bits per heavy atom. The van der Waals surface area contributed by atoms with Crippen molar-refractivity contribution in [1.82, 2.24) is 5.32 Å². The van der Waals surface area contributed by atoms with Crippen LogP contribution >= 0.6 is 0 Å². The van der Waals surface area contributed by atoms with Crippen LogP contribution in [0.15, 0.2) is 54.6 Å². The molecule has 0 unspecified atom stereocenters. The largest absolute Gasteiger partial charge is 0.452 e. The molecule has 2 aromatic rings. The van der Waals surface area contributed by atoms with Crippen LogP contribution in [0.25, 0.3) is 0 Å². The van der Waals surface area contributed by atoms with E-state index in [-0.39, 0.29) is 29.5 Å². The second-order valence-corrected chi connectivity index (χ2v) is 5.27. The fourth-order valence-corrected chi connectivity index (χ4v) is 2.25. The Labute approximate surface area is 146 Å². The van der Waals surface area contributed by atoms with Crippen LogP contribution < -0.4 is 10.2 Å². The number of esters is 1. The number of nitrogens with one attached hydrogen (secondary N) is 1. The van der Waals surface area contributed by atoms with Crippen LogP contribution in [0, 0.1) is 0 Å². The van der Waals surface area contributed by atoms with Gasteiger partial charge in [-0.25, -0.2) is 4.79 Å². The van der Waals surface area contributed by atoms with Crippen molar-refractivity contribution < 1.29 is 19.1 Å². The molecule has 2 rings (SSSR count). The van der Waals surface area contributed by atoms with Crippen molar-refractivity contribution in [2.45, 2.75) is 6.92 Å². The number of likely N-dealkylation sites (N-methyl/N-ethyl adjacent to an activating group) is 1. The van der Waals surface area contributed by atoms with Crippen LogP contribution in [0.4, 0.5) is 5.69 Å². The Morgan fingerprint density at radius 2 is 1.56 bits per heavy atom. The molecule has 0 aromatic heterocycles.